The van der Waals surface area contributed by atoms with Crippen LogP contribution in [0, 0.1) is 28.6 Å². The van der Waals surface area contributed by atoms with Crippen molar-refractivity contribution in [2.24, 2.45) is 28.6 Å². The fraction of sp³-hybridized carbons (Fsp3) is 0.724. The number of thioether (sulfide) groups is 2. The number of aliphatic hydroxyl groups is 1. The van der Waals surface area contributed by atoms with E-state index in [0.29, 0.717) is 19.4 Å². The average molecular weight is 631 g/mol. The van der Waals surface area contributed by atoms with Gasteiger partial charge in [-0.15, -0.1) is 36.2 Å². The van der Waals surface area contributed by atoms with E-state index in [1.54, 1.807) is 13.8 Å². The zero-order valence-corrected chi connectivity index (χ0v) is 25.8. The van der Waals surface area contributed by atoms with Crippen LogP contribution in [0.1, 0.15) is 52.9 Å². The molecule has 41 heavy (non-hydrogen) atoms. The standard InChI is InChI=1S/C25H30F2O5S3.C4H6O2/c1-12-8-14-15-10-17(26)16-9-13(28)4-5-22(16,2)24(15,27)18(29)11-23(14,3)25(12,21(31)33)32-19(30)20-34-6-7-35-20;5-4-2-1-3-6-4/h4-5,9,12,14-15,17-18,20,29H,6-8,10-11H2,1-3H3,(H,31,33);1-3H2/t12-,14?,15+,17+,18+,22+,23+,24+,25+;/m1./s1. The number of aliphatic hydroxyl groups excluding tert-OH is 1. The fourth-order valence-electron chi connectivity index (χ4n) is 8.42. The highest BCUT2D eigenvalue weighted by atomic mass is 32.2. The number of cyclic esters (lactones) is 1. The molecule has 2 aliphatic heterocycles. The molecular formula is C29H36F2O7S3. The predicted octanol–water partition coefficient (Wildman–Crippen LogP) is 4.42. The Hall–Kier alpha value is -1.37. The molecule has 2 heterocycles. The van der Waals surface area contributed by atoms with Gasteiger partial charge in [0.25, 0.3) is 0 Å². The maximum absolute atomic E-state index is 17.3. The highest BCUT2D eigenvalue weighted by molar-refractivity contribution is 8.21. The van der Waals surface area contributed by atoms with Crippen molar-refractivity contribution >= 4 is 59.0 Å². The van der Waals surface area contributed by atoms with E-state index in [1.165, 1.54) is 42.6 Å². The summed E-state index contributed by atoms with van der Waals surface area (Å²) in [5.74, 6) is -1.35. The maximum atomic E-state index is 17.3. The number of carbonyl (C=O) groups excluding carboxylic acids is 4. The lowest BCUT2D eigenvalue weighted by molar-refractivity contribution is -0.228. The molecule has 7 nitrogen and oxygen atoms in total. The van der Waals surface area contributed by atoms with Gasteiger partial charge in [-0.3, -0.25) is 14.4 Å². The third kappa shape index (κ3) is 4.56. The normalized spacial score (nSPS) is 45.0. The number of esters is 2. The molecule has 0 spiro atoms. The van der Waals surface area contributed by atoms with Gasteiger partial charge in [0.05, 0.1) is 12.7 Å². The molecule has 9 atom stereocenters. The Morgan fingerprint density at radius 2 is 1.85 bits per heavy atom. The molecule has 12 heteroatoms. The number of hydrogen-bond donors (Lipinski definition) is 2. The highest BCUT2D eigenvalue weighted by Crippen LogP contribution is 2.72. The van der Waals surface area contributed by atoms with Crippen LogP contribution in [0.4, 0.5) is 8.78 Å². The fourth-order valence-corrected chi connectivity index (χ4v) is 11.5. The number of alkyl halides is 2. The van der Waals surface area contributed by atoms with Crippen molar-refractivity contribution in [3.05, 3.63) is 23.8 Å². The molecule has 3 saturated carbocycles. The summed E-state index contributed by atoms with van der Waals surface area (Å²) in [5.41, 5.74) is -6.50. The van der Waals surface area contributed by atoms with Gasteiger partial charge >= 0.3 is 11.9 Å². The third-order valence-corrected chi connectivity index (χ3v) is 13.6. The van der Waals surface area contributed by atoms with Crippen LogP contribution < -0.4 is 0 Å². The number of allylic oxidation sites excluding steroid dienone is 4. The summed E-state index contributed by atoms with van der Waals surface area (Å²) in [6, 6.07) is 0. The summed E-state index contributed by atoms with van der Waals surface area (Å²) < 4.78 is 43.0. The lowest BCUT2D eigenvalue weighted by Gasteiger charge is -2.63. The molecule has 0 aromatic rings. The third-order valence-electron chi connectivity index (χ3n) is 10.4. The van der Waals surface area contributed by atoms with Gasteiger partial charge in [0.1, 0.15) is 10.8 Å². The Labute approximate surface area is 252 Å². The van der Waals surface area contributed by atoms with Gasteiger partial charge in [0.15, 0.2) is 17.1 Å². The Morgan fingerprint density at radius 1 is 1.17 bits per heavy atom. The quantitative estimate of drug-likeness (QED) is 0.346. The summed E-state index contributed by atoms with van der Waals surface area (Å²) in [6.45, 7) is 5.71. The first-order chi connectivity index (χ1) is 19.2. The van der Waals surface area contributed by atoms with Crippen molar-refractivity contribution in [1.29, 1.82) is 0 Å². The van der Waals surface area contributed by atoms with E-state index >= 15 is 8.78 Å². The van der Waals surface area contributed by atoms with Crippen LogP contribution in [-0.2, 0) is 28.7 Å². The number of carbonyl (C=O) groups is 4. The van der Waals surface area contributed by atoms with Gasteiger partial charge in [-0.05, 0) is 56.3 Å². The Bertz CT molecular complexity index is 1200. The molecule has 0 bridgehead atoms. The summed E-state index contributed by atoms with van der Waals surface area (Å²) in [5, 5.41) is 10.8. The zero-order chi connectivity index (χ0) is 30.0. The van der Waals surface area contributed by atoms with Crippen LogP contribution in [0.15, 0.2) is 23.8 Å². The van der Waals surface area contributed by atoms with Gasteiger partial charge in [-0.25, -0.2) is 13.6 Å². The smallest absolute Gasteiger partial charge is 0.330 e. The van der Waals surface area contributed by atoms with Crippen molar-refractivity contribution < 1.29 is 42.5 Å². The molecule has 0 aromatic heterocycles. The van der Waals surface area contributed by atoms with E-state index in [9.17, 15) is 24.3 Å². The van der Waals surface area contributed by atoms with Crippen molar-refractivity contribution in [3.8, 4) is 0 Å². The van der Waals surface area contributed by atoms with E-state index in [2.05, 4.69) is 17.4 Å². The predicted molar refractivity (Wildman–Crippen MR) is 155 cm³/mol. The van der Waals surface area contributed by atoms with Crippen molar-refractivity contribution in [2.75, 3.05) is 18.1 Å². The van der Waals surface area contributed by atoms with Crippen molar-refractivity contribution in [2.45, 2.75) is 81.0 Å². The minimum Gasteiger partial charge on any atom is -0.466 e. The molecule has 5 fully saturated rings. The topological polar surface area (TPSA) is 107 Å². The average Bonchev–Trinajstić information content (AvgIpc) is 3.66. The molecule has 6 aliphatic rings. The second-order valence-electron chi connectivity index (χ2n) is 12.4. The zero-order valence-electron chi connectivity index (χ0n) is 23.3. The maximum Gasteiger partial charge on any atom is 0.330 e. The Kier molecular flexibility index (Phi) is 8.31. The number of thiol groups is 1. The van der Waals surface area contributed by atoms with E-state index < -0.39 is 73.6 Å². The lowest BCUT2D eigenvalue weighted by Crippen LogP contribution is -2.70. The molecule has 1 unspecified atom stereocenters. The first-order valence-corrected chi connectivity index (χ1v) is 16.6. The summed E-state index contributed by atoms with van der Waals surface area (Å²) in [7, 11) is 0. The first kappa shape index (κ1) is 31.1. The van der Waals surface area contributed by atoms with Crippen LogP contribution in [0.25, 0.3) is 0 Å². The minimum absolute atomic E-state index is 0.0463. The van der Waals surface area contributed by atoms with E-state index in [4.69, 9.17) is 4.74 Å². The molecule has 2 saturated heterocycles. The Balaban J connectivity index is 0.000000500. The Morgan fingerprint density at radius 3 is 2.41 bits per heavy atom. The molecule has 226 valence electrons. The van der Waals surface area contributed by atoms with Gasteiger partial charge < -0.3 is 14.6 Å². The summed E-state index contributed by atoms with van der Waals surface area (Å²) in [6.07, 6.45) is 2.14. The summed E-state index contributed by atoms with van der Waals surface area (Å²) in [4.78, 5) is 48.3. The van der Waals surface area contributed by atoms with Gasteiger partial charge in [-0.1, -0.05) is 19.9 Å². The van der Waals surface area contributed by atoms with Crippen LogP contribution in [-0.4, -0.2) is 74.2 Å². The van der Waals surface area contributed by atoms with Crippen LogP contribution in [0.2, 0.25) is 0 Å². The van der Waals surface area contributed by atoms with Gasteiger partial charge in [0, 0.05) is 40.6 Å². The molecule has 0 amide bonds. The number of halogens is 2. The van der Waals surface area contributed by atoms with Crippen LogP contribution in [0.5, 0.6) is 0 Å². The molecular weight excluding hydrogens is 595 g/mol. The van der Waals surface area contributed by atoms with E-state index in [-0.39, 0.29) is 24.4 Å². The second kappa shape index (κ2) is 11.0. The van der Waals surface area contributed by atoms with Crippen molar-refractivity contribution in [1.82, 2.24) is 0 Å². The monoisotopic (exact) mass is 630 g/mol. The minimum atomic E-state index is -2.25. The lowest BCUT2D eigenvalue weighted by atomic mass is 9.44. The number of hydrogen-bond acceptors (Lipinski definition) is 9. The van der Waals surface area contributed by atoms with E-state index in [0.717, 1.165) is 24.0 Å². The van der Waals surface area contributed by atoms with Gasteiger partial charge in [0.2, 0.25) is 5.12 Å². The number of rotatable bonds is 3. The van der Waals surface area contributed by atoms with Crippen molar-refractivity contribution in [3.63, 3.8) is 0 Å². The molecule has 6 rings (SSSR count). The number of ether oxygens (including phenoxy) is 2. The molecule has 0 radical (unpaired) electrons. The van der Waals surface area contributed by atoms with Crippen LogP contribution in [0.3, 0.4) is 0 Å². The second-order valence-corrected chi connectivity index (χ2v) is 15.5. The SMILES string of the molecule is C[C@@H]1CC2[C@@H]3C[C@H](F)C4=CC(=O)C=C[C@]4(C)[C@@]3(F)[C@@H](O)C[C@]2(C)[C@@]1(OC(=O)C1SCCS1)C(=O)S.O=C1CCCO1. The summed E-state index contributed by atoms with van der Waals surface area (Å²) >= 11 is 7.09. The van der Waals surface area contributed by atoms with Crippen LogP contribution >= 0.6 is 36.2 Å². The molecule has 0 aromatic carbocycles. The van der Waals surface area contributed by atoms with E-state index in [1.807, 2.05) is 0 Å². The first-order valence-electron chi connectivity index (χ1n) is 14.0. The largest absolute Gasteiger partial charge is 0.466 e. The number of fused-ring (bicyclic) bond motifs is 5. The highest BCUT2D eigenvalue weighted by Gasteiger charge is 2.78. The number of ketones is 1. The molecule has 4 aliphatic carbocycles. The molecule has 1 N–H and O–H groups in total. The van der Waals surface area contributed by atoms with Gasteiger partial charge in [-0.2, -0.15) is 0 Å².